The normalized spacial score (nSPS) is 13.0. The van der Waals surface area contributed by atoms with Crippen LogP contribution >= 0.6 is 0 Å². The second-order valence-electron chi connectivity index (χ2n) is 4.37. The van der Waals surface area contributed by atoms with Gasteiger partial charge in [-0.2, -0.15) is 5.26 Å². The summed E-state index contributed by atoms with van der Waals surface area (Å²) < 4.78 is 4.69. The monoisotopic (exact) mass is 291 g/mol. The van der Waals surface area contributed by atoms with Gasteiger partial charge in [-0.05, 0) is 12.5 Å². The van der Waals surface area contributed by atoms with Crippen molar-refractivity contribution < 1.29 is 24.5 Å². The molecular weight excluding hydrogens is 274 g/mol. The number of carbonyl (C=O) groups excluding carboxylic acids is 2. The molecule has 2 atom stereocenters. The van der Waals surface area contributed by atoms with Gasteiger partial charge in [0.15, 0.2) is 5.78 Å². The van der Waals surface area contributed by atoms with Crippen LogP contribution in [0.1, 0.15) is 41.8 Å². The lowest BCUT2D eigenvalue weighted by Gasteiger charge is -2.19. The highest BCUT2D eigenvalue weighted by atomic mass is 16.5. The molecule has 0 aromatic heterocycles. The molecule has 1 aromatic carbocycles. The first-order valence-corrected chi connectivity index (χ1v) is 6.52. The quantitative estimate of drug-likeness (QED) is 0.576. The van der Waals surface area contributed by atoms with Crippen molar-refractivity contribution in [3.8, 4) is 6.07 Å². The Morgan fingerprint density at radius 2 is 2.00 bits per heavy atom. The van der Waals surface area contributed by atoms with Gasteiger partial charge in [0.25, 0.3) is 0 Å². The number of ketones is 1. The molecule has 0 radical (unpaired) electrons. The lowest BCUT2D eigenvalue weighted by atomic mass is 9.94. The van der Waals surface area contributed by atoms with Crippen LogP contribution in [0.3, 0.4) is 0 Å². The van der Waals surface area contributed by atoms with Crippen molar-refractivity contribution in [2.24, 2.45) is 0 Å². The summed E-state index contributed by atoms with van der Waals surface area (Å²) in [6.07, 6.45) is -3.50. The third-order valence-corrected chi connectivity index (χ3v) is 2.87. The summed E-state index contributed by atoms with van der Waals surface area (Å²) in [4.78, 5) is 23.1. The highest BCUT2D eigenvalue weighted by molar-refractivity contribution is 5.98. The second-order valence-corrected chi connectivity index (χ2v) is 4.37. The van der Waals surface area contributed by atoms with Gasteiger partial charge in [-0.3, -0.25) is 9.59 Å². The van der Waals surface area contributed by atoms with Crippen molar-refractivity contribution in [1.29, 1.82) is 5.26 Å². The van der Waals surface area contributed by atoms with E-state index in [-0.39, 0.29) is 30.6 Å². The first-order chi connectivity index (χ1) is 10.0. The fraction of sp³-hybridized carbons (Fsp3) is 0.400. The van der Waals surface area contributed by atoms with Gasteiger partial charge in [-0.15, -0.1) is 0 Å². The van der Waals surface area contributed by atoms with Gasteiger partial charge in [-0.1, -0.05) is 24.3 Å². The molecule has 2 unspecified atom stereocenters. The number of hydrogen-bond donors (Lipinski definition) is 2. The van der Waals surface area contributed by atoms with Crippen molar-refractivity contribution in [2.45, 2.75) is 32.0 Å². The number of benzene rings is 1. The Kier molecular flexibility index (Phi) is 6.53. The number of ether oxygens (including phenoxy) is 1. The van der Waals surface area contributed by atoms with Crippen molar-refractivity contribution >= 4 is 11.8 Å². The second kappa shape index (κ2) is 8.15. The molecule has 6 heteroatoms. The number of Topliss-reactive ketones (excluding diaryl/α,β-unsaturated/α-hetero) is 1. The number of esters is 1. The molecule has 0 fully saturated rings. The topological polar surface area (TPSA) is 108 Å². The first kappa shape index (κ1) is 16.8. The number of nitrogens with zero attached hydrogens (tertiary/aromatic N) is 1. The zero-order valence-electron chi connectivity index (χ0n) is 11.7. The van der Waals surface area contributed by atoms with E-state index in [0.717, 1.165) is 0 Å². The van der Waals surface area contributed by atoms with E-state index in [4.69, 9.17) is 10.00 Å². The van der Waals surface area contributed by atoms with E-state index >= 15 is 0 Å². The Bertz CT molecular complexity index is 549. The molecular formula is C15H17NO5. The minimum absolute atomic E-state index is 0.162. The van der Waals surface area contributed by atoms with Crippen LogP contribution in [0.25, 0.3) is 0 Å². The van der Waals surface area contributed by atoms with Gasteiger partial charge in [0.2, 0.25) is 0 Å². The molecule has 112 valence electrons. The SMILES string of the molecule is CCOC(=O)CC(O)C(O)c1ccccc1C(=O)CC#N. The lowest BCUT2D eigenvalue weighted by Crippen LogP contribution is -2.24. The number of hydrogen-bond acceptors (Lipinski definition) is 6. The number of nitriles is 1. The molecule has 1 aromatic rings. The van der Waals surface area contributed by atoms with Gasteiger partial charge >= 0.3 is 5.97 Å². The van der Waals surface area contributed by atoms with Crippen molar-refractivity contribution in [1.82, 2.24) is 0 Å². The third-order valence-electron chi connectivity index (χ3n) is 2.87. The van der Waals surface area contributed by atoms with E-state index in [1.807, 2.05) is 0 Å². The predicted molar refractivity (Wildman–Crippen MR) is 73.2 cm³/mol. The smallest absolute Gasteiger partial charge is 0.308 e. The zero-order chi connectivity index (χ0) is 15.8. The molecule has 0 spiro atoms. The van der Waals surface area contributed by atoms with Crippen LogP contribution in [0.2, 0.25) is 0 Å². The molecule has 0 aliphatic heterocycles. The average Bonchev–Trinajstić information content (AvgIpc) is 2.46. The van der Waals surface area contributed by atoms with Gasteiger partial charge < -0.3 is 14.9 Å². The molecule has 0 aliphatic rings. The third kappa shape index (κ3) is 4.67. The molecule has 0 heterocycles. The fourth-order valence-corrected chi connectivity index (χ4v) is 1.89. The molecule has 0 aliphatic carbocycles. The highest BCUT2D eigenvalue weighted by Gasteiger charge is 2.25. The molecule has 0 amide bonds. The Hall–Kier alpha value is -2.23. The van der Waals surface area contributed by atoms with Gasteiger partial charge in [0, 0.05) is 5.56 Å². The van der Waals surface area contributed by atoms with Crippen LogP contribution in [0.4, 0.5) is 0 Å². The zero-order valence-corrected chi connectivity index (χ0v) is 11.7. The molecule has 0 saturated heterocycles. The molecule has 21 heavy (non-hydrogen) atoms. The number of aliphatic hydroxyl groups excluding tert-OH is 2. The maximum atomic E-state index is 11.8. The van der Waals surface area contributed by atoms with E-state index in [0.29, 0.717) is 0 Å². The Morgan fingerprint density at radius 3 is 2.62 bits per heavy atom. The van der Waals surface area contributed by atoms with E-state index in [2.05, 4.69) is 0 Å². The molecule has 1 rings (SSSR count). The summed E-state index contributed by atoms with van der Waals surface area (Å²) in [7, 11) is 0. The van der Waals surface area contributed by atoms with Crippen LogP contribution in [0, 0.1) is 11.3 Å². The maximum absolute atomic E-state index is 11.8. The van der Waals surface area contributed by atoms with Crippen LogP contribution < -0.4 is 0 Å². The predicted octanol–water partition coefficient (Wildman–Crippen LogP) is 1.13. The average molecular weight is 291 g/mol. The van der Waals surface area contributed by atoms with Crippen molar-refractivity contribution in [3.63, 3.8) is 0 Å². The van der Waals surface area contributed by atoms with E-state index < -0.39 is 24.0 Å². The summed E-state index contributed by atoms with van der Waals surface area (Å²) in [5.41, 5.74) is 0.351. The van der Waals surface area contributed by atoms with Gasteiger partial charge in [0.05, 0.1) is 31.6 Å². The van der Waals surface area contributed by atoms with Gasteiger partial charge in [-0.25, -0.2) is 0 Å². The Labute approximate surface area is 122 Å². The summed E-state index contributed by atoms with van der Waals surface area (Å²) in [6.45, 7) is 1.81. The Balaban J connectivity index is 2.92. The molecule has 0 saturated carbocycles. The highest BCUT2D eigenvalue weighted by Crippen LogP contribution is 2.24. The summed E-state index contributed by atoms with van der Waals surface area (Å²) in [5, 5.41) is 28.6. The Morgan fingerprint density at radius 1 is 1.33 bits per heavy atom. The summed E-state index contributed by atoms with van der Waals surface area (Å²) in [6, 6.07) is 7.88. The number of aliphatic hydroxyl groups is 2. The molecule has 6 nitrogen and oxygen atoms in total. The van der Waals surface area contributed by atoms with Crippen molar-refractivity contribution in [3.05, 3.63) is 35.4 Å². The van der Waals surface area contributed by atoms with E-state index in [1.165, 1.54) is 12.1 Å². The van der Waals surface area contributed by atoms with Gasteiger partial charge in [0.1, 0.15) is 6.10 Å². The standard InChI is InChI=1S/C15H17NO5/c1-2-21-14(19)9-13(18)15(20)11-6-4-3-5-10(11)12(17)7-8-16/h3-6,13,15,18,20H,2,7,9H2,1H3. The molecule has 2 N–H and O–H groups in total. The van der Waals surface area contributed by atoms with Crippen LogP contribution in [-0.2, 0) is 9.53 Å². The van der Waals surface area contributed by atoms with Crippen molar-refractivity contribution in [2.75, 3.05) is 6.61 Å². The molecule has 0 bridgehead atoms. The van der Waals surface area contributed by atoms with E-state index in [1.54, 1.807) is 25.1 Å². The van der Waals surface area contributed by atoms with Crippen LogP contribution in [-0.4, -0.2) is 34.7 Å². The van der Waals surface area contributed by atoms with E-state index in [9.17, 15) is 19.8 Å². The summed E-state index contributed by atoms with van der Waals surface area (Å²) >= 11 is 0. The minimum atomic E-state index is -1.41. The minimum Gasteiger partial charge on any atom is -0.466 e. The number of carbonyl (C=O) groups is 2. The largest absolute Gasteiger partial charge is 0.466 e. The fourth-order valence-electron chi connectivity index (χ4n) is 1.89. The number of rotatable bonds is 7. The van der Waals surface area contributed by atoms with Crippen LogP contribution in [0.15, 0.2) is 24.3 Å². The summed E-state index contributed by atoms with van der Waals surface area (Å²) in [5.74, 6) is -1.08. The maximum Gasteiger partial charge on any atom is 0.308 e. The lowest BCUT2D eigenvalue weighted by molar-refractivity contribution is -0.147. The van der Waals surface area contributed by atoms with Crippen LogP contribution in [0.5, 0.6) is 0 Å². The first-order valence-electron chi connectivity index (χ1n) is 6.52.